The Labute approximate surface area is 71.3 Å². The van der Waals surface area contributed by atoms with Gasteiger partial charge in [-0.1, -0.05) is 0 Å². The average molecular weight is 180 g/mol. The van der Waals surface area contributed by atoms with E-state index in [-0.39, 0.29) is 8.83 Å². The van der Waals surface area contributed by atoms with Crippen LogP contribution < -0.4 is 0 Å². The van der Waals surface area contributed by atoms with Crippen molar-refractivity contribution < 1.29 is 0 Å². The van der Waals surface area contributed by atoms with Gasteiger partial charge in [0.2, 0.25) is 0 Å². The van der Waals surface area contributed by atoms with Gasteiger partial charge in [0.25, 0.3) is 0 Å². The second-order valence-corrected chi connectivity index (χ2v) is 5.07. The summed E-state index contributed by atoms with van der Waals surface area (Å²) >= 11 is 5.78. The molecule has 0 bridgehead atoms. The van der Waals surface area contributed by atoms with Crippen LogP contribution in [0.3, 0.4) is 0 Å². The highest BCUT2D eigenvalue weighted by Gasteiger charge is 2.11. The molecule has 0 spiro atoms. The van der Waals surface area contributed by atoms with Crippen LogP contribution in [0.5, 0.6) is 0 Å². The van der Waals surface area contributed by atoms with E-state index < -0.39 is 0 Å². The normalized spacial score (nSPS) is 13.2. The lowest BCUT2D eigenvalue weighted by atomic mass is 10.2. The van der Waals surface area contributed by atoms with Crippen LogP contribution in [-0.4, -0.2) is 32.0 Å². The van der Waals surface area contributed by atoms with E-state index in [1.807, 2.05) is 0 Å². The number of halogens is 1. The Morgan fingerprint density at radius 3 is 1.70 bits per heavy atom. The van der Waals surface area contributed by atoms with Gasteiger partial charge in [0, 0.05) is 18.3 Å². The highest BCUT2D eigenvalue weighted by molar-refractivity contribution is 6.93. The van der Waals surface area contributed by atoms with Gasteiger partial charge >= 0.3 is 0 Å². The second-order valence-electron chi connectivity index (χ2n) is 3.11. The van der Waals surface area contributed by atoms with Crippen molar-refractivity contribution in [1.29, 1.82) is 0 Å². The van der Waals surface area contributed by atoms with Crippen LogP contribution in [0.25, 0.3) is 0 Å². The van der Waals surface area contributed by atoms with Gasteiger partial charge in [0.15, 0.2) is 0 Å². The molecule has 0 aliphatic heterocycles. The molecule has 0 aromatic carbocycles. The molecule has 0 N–H and O–H groups in total. The van der Waals surface area contributed by atoms with Gasteiger partial charge in [-0.15, -0.1) is 0 Å². The number of rotatable bonds is 4. The minimum atomic E-state index is -0.321. The Morgan fingerprint density at radius 1 is 1.20 bits per heavy atom. The average Bonchev–Trinajstić information content (AvgIpc) is 1.81. The zero-order valence-corrected chi connectivity index (χ0v) is 9.56. The third-order valence-corrected chi connectivity index (χ3v) is 2.86. The van der Waals surface area contributed by atoms with E-state index in [1.54, 1.807) is 0 Å². The van der Waals surface area contributed by atoms with Gasteiger partial charge in [-0.2, -0.15) is 11.1 Å². The predicted molar refractivity (Wildman–Crippen MR) is 51.4 cm³/mol. The molecule has 10 heavy (non-hydrogen) atoms. The first-order valence-electron chi connectivity index (χ1n) is 3.91. The maximum absolute atomic E-state index is 5.78. The first-order chi connectivity index (χ1) is 4.59. The van der Waals surface area contributed by atoms with Crippen LogP contribution in [0, 0.1) is 0 Å². The molecule has 0 rings (SSSR count). The van der Waals surface area contributed by atoms with E-state index in [4.69, 9.17) is 11.1 Å². The summed E-state index contributed by atoms with van der Waals surface area (Å²) in [4.78, 5) is 2.44. The van der Waals surface area contributed by atoms with E-state index in [2.05, 4.69) is 32.6 Å². The van der Waals surface area contributed by atoms with Crippen molar-refractivity contribution in [2.24, 2.45) is 0 Å². The summed E-state index contributed by atoms with van der Waals surface area (Å²) < 4.78 is 0. The third-order valence-electron chi connectivity index (χ3n) is 1.67. The van der Waals surface area contributed by atoms with Crippen molar-refractivity contribution in [3.8, 4) is 0 Å². The van der Waals surface area contributed by atoms with Crippen LogP contribution in [0.2, 0.25) is 0 Å². The van der Waals surface area contributed by atoms with Crippen molar-refractivity contribution in [2.45, 2.75) is 39.8 Å². The van der Waals surface area contributed by atoms with Gasteiger partial charge < -0.3 is 4.90 Å². The Hall–Kier alpha value is 0.467. The molecule has 62 valence electrons. The third kappa shape index (κ3) is 3.59. The maximum atomic E-state index is 5.78. The number of hydrogen-bond acceptors (Lipinski definition) is 1. The predicted octanol–water partition coefficient (Wildman–Crippen LogP) is 1.39. The fourth-order valence-corrected chi connectivity index (χ4v) is 3.02. The first kappa shape index (κ1) is 10.5. The summed E-state index contributed by atoms with van der Waals surface area (Å²) in [6.07, 6.45) is 1.14. The molecule has 0 fully saturated rings. The Kier molecular flexibility index (Phi) is 5.40. The standard InChI is InChI=1S/C7H18ClNSi/c1-6(2)9(5-10-8)7(3)4/h6-7H,5,10H2,1-4H3. The fraction of sp³-hybridized carbons (Fsp3) is 1.00. The van der Waals surface area contributed by atoms with Crippen molar-refractivity contribution in [3.05, 3.63) is 0 Å². The van der Waals surface area contributed by atoms with Crippen molar-refractivity contribution >= 4 is 19.9 Å². The summed E-state index contributed by atoms with van der Waals surface area (Å²) in [5.41, 5.74) is 0. The fourth-order valence-electron chi connectivity index (χ4n) is 1.21. The minimum Gasteiger partial charge on any atom is -0.301 e. The summed E-state index contributed by atoms with van der Waals surface area (Å²) in [5, 5.41) is 0. The van der Waals surface area contributed by atoms with Gasteiger partial charge in [-0.3, -0.25) is 0 Å². The van der Waals surface area contributed by atoms with Crippen LogP contribution in [-0.2, 0) is 0 Å². The van der Waals surface area contributed by atoms with E-state index in [0.29, 0.717) is 12.1 Å². The molecular weight excluding hydrogens is 162 g/mol. The highest BCUT2D eigenvalue weighted by atomic mass is 35.6. The molecule has 0 atom stereocenters. The Balaban J connectivity index is 3.73. The molecular formula is C7H18ClNSi. The molecule has 0 saturated heterocycles. The van der Waals surface area contributed by atoms with E-state index >= 15 is 0 Å². The van der Waals surface area contributed by atoms with Crippen molar-refractivity contribution in [1.82, 2.24) is 4.90 Å². The molecule has 0 aliphatic rings. The molecule has 1 nitrogen and oxygen atoms in total. The van der Waals surface area contributed by atoms with Crippen molar-refractivity contribution in [3.63, 3.8) is 0 Å². The molecule has 0 heterocycles. The number of hydrogen-bond donors (Lipinski definition) is 0. The SMILES string of the molecule is CC(C)N(C[SiH2]Cl)C(C)C. The molecule has 0 saturated carbocycles. The molecule has 3 heteroatoms. The highest BCUT2D eigenvalue weighted by Crippen LogP contribution is 2.03. The molecule has 0 aliphatic carbocycles. The van der Waals surface area contributed by atoms with E-state index in [1.165, 1.54) is 0 Å². The minimum absolute atomic E-state index is 0.321. The van der Waals surface area contributed by atoms with Crippen LogP contribution in [0.1, 0.15) is 27.7 Å². The Bertz CT molecular complexity index is 77.7. The van der Waals surface area contributed by atoms with Gasteiger partial charge in [-0.05, 0) is 27.7 Å². The molecule has 0 aromatic rings. The zero-order chi connectivity index (χ0) is 8.15. The van der Waals surface area contributed by atoms with Crippen LogP contribution >= 0.6 is 11.1 Å². The van der Waals surface area contributed by atoms with Crippen LogP contribution in [0.4, 0.5) is 0 Å². The van der Waals surface area contributed by atoms with E-state index in [0.717, 1.165) is 6.17 Å². The largest absolute Gasteiger partial charge is 0.301 e. The molecule has 0 amide bonds. The second kappa shape index (κ2) is 5.16. The topological polar surface area (TPSA) is 3.24 Å². The monoisotopic (exact) mass is 179 g/mol. The van der Waals surface area contributed by atoms with Crippen LogP contribution in [0.15, 0.2) is 0 Å². The summed E-state index contributed by atoms with van der Waals surface area (Å²) in [5.74, 6) is 0. The Morgan fingerprint density at radius 2 is 1.60 bits per heavy atom. The van der Waals surface area contributed by atoms with Gasteiger partial charge in [-0.25, -0.2) is 0 Å². The van der Waals surface area contributed by atoms with E-state index in [9.17, 15) is 0 Å². The van der Waals surface area contributed by atoms with Crippen molar-refractivity contribution in [2.75, 3.05) is 6.17 Å². The molecule has 0 unspecified atom stereocenters. The summed E-state index contributed by atoms with van der Waals surface area (Å²) in [7, 11) is -0.321. The quantitative estimate of drug-likeness (QED) is 0.466. The molecule has 0 radical (unpaired) electrons. The first-order valence-corrected chi connectivity index (χ1v) is 7.05. The lowest BCUT2D eigenvalue weighted by Gasteiger charge is -2.29. The van der Waals surface area contributed by atoms with Gasteiger partial charge in [0.05, 0.1) is 0 Å². The smallest absolute Gasteiger partial charge is 0.139 e. The summed E-state index contributed by atoms with van der Waals surface area (Å²) in [6, 6.07) is 1.29. The lowest BCUT2D eigenvalue weighted by Crippen LogP contribution is -2.39. The summed E-state index contributed by atoms with van der Waals surface area (Å²) in [6.45, 7) is 8.89. The lowest BCUT2D eigenvalue weighted by molar-refractivity contribution is 0.207. The number of nitrogens with zero attached hydrogens (tertiary/aromatic N) is 1. The van der Waals surface area contributed by atoms with Gasteiger partial charge in [0.1, 0.15) is 8.83 Å². The maximum Gasteiger partial charge on any atom is 0.139 e. The zero-order valence-electron chi connectivity index (χ0n) is 7.39. The molecule has 0 aromatic heterocycles.